The minimum absolute atomic E-state index is 0.810. The molecule has 0 radical (unpaired) electrons. The lowest BCUT2D eigenvalue weighted by atomic mass is 10.3. The summed E-state index contributed by atoms with van der Waals surface area (Å²) in [4.78, 5) is 0. The number of nitrogens with zero attached hydrogens (tertiary/aromatic N) is 1. The first kappa shape index (κ1) is 5.53. The predicted octanol–water partition coefficient (Wildman–Crippen LogP) is 1.26. The highest BCUT2D eigenvalue weighted by Gasteiger charge is 2.14. The van der Waals surface area contributed by atoms with E-state index in [9.17, 15) is 0 Å². The van der Waals surface area contributed by atoms with Gasteiger partial charge in [0, 0.05) is 12.6 Å². The van der Waals surface area contributed by atoms with E-state index in [2.05, 4.69) is 21.0 Å². The number of rotatable bonds is 0. The van der Waals surface area contributed by atoms with Crippen LogP contribution in [0.1, 0.15) is 19.8 Å². The van der Waals surface area contributed by atoms with Crippen LogP contribution in [0.15, 0.2) is 0 Å². The van der Waals surface area contributed by atoms with Gasteiger partial charge in [0.2, 0.25) is 0 Å². The van der Waals surface area contributed by atoms with Crippen molar-refractivity contribution in [3.05, 3.63) is 0 Å². The molecule has 0 aliphatic carbocycles. The Balaban J connectivity index is 2.33. The molecule has 0 spiro atoms. The SMILES string of the molecule is CC1CCCN1P. The zero-order valence-electron chi connectivity index (χ0n) is 4.72. The van der Waals surface area contributed by atoms with Crippen molar-refractivity contribution in [2.75, 3.05) is 6.54 Å². The number of hydrogen-bond donors (Lipinski definition) is 0. The van der Waals surface area contributed by atoms with Gasteiger partial charge in [-0.2, -0.15) is 0 Å². The molecule has 1 saturated heterocycles. The molecule has 2 heteroatoms. The van der Waals surface area contributed by atoms with Crippen molar-refractivity contribution in [3.63, 3.8) is 0 Å². The van der Waals surface area contributed by atoms with Crippen LogP contribution in [0, 0.1) is 0 Å². The van der Waals surface area contributed by atoms with Gasteiger partial charge >= 0.3 is 0 Å². The van der Waals surface area contributed by atoms with Crippen LogP contribution in [0.4, 0.5) is 0 Å². The minimum atomic E-state index is 0.810. The second-order valence-corrected chi connectivity index (χ2v) is 2.89. The summed E-state index contributed by atoms with van der Waals surface area (Å²) in [5.41, 5.74) is 0. The molecule has 0 aromatic carbocycles. The van der Waals surface area contributed by atoms with Gasteiger partial charge in [-0.05, 0) is 19.8 Å². The highest BCUT2D eigenvalue weighted by atomic mass is 31.0. The Morgan fingerprint density at radius 2 is 2.43 bits per heavy atom. The lowest BCUT2D eigenvalue weighted by Crippen LogP contribution is -2.13. The van der Waals surface area contributed by atoms with Crippen LogP contribution in [-0.4, -0.2) is 17.3 Å². The van der Waals surface area contributed by atoms with Crippen molar-refractivity contribution in [1.29, 1.82) is 0 Å². The van der Waals surface area contributed by atoms with Crippen molar-refractivity contribution in [2.24, 2.45) is 0 Å². The monoisotopic (exact) mass is 117 g/mol. The molecular weight excluding hydrogens is 105 g/mol. The maximum Gasteiger partial charge on any atom is 0.0101 e. The smallest absolute Gasteiger partial charge is 0.0101 e. The van der Waals surface area contributed by atoms with Crippen LogP contribution in [-0.2, 0) is 0 Å². The Morgan fingerprint density at radius 1 is 1.71 bits per heavy atom. The molecule has 7 heavy (non-hydrogen) atoms. The Morgan fingerprint density at radius 3 is 2.57 bits per heavy atom. The van der Waals surface area contributed by atoms with Crippen LogP contribution in [0.5, 0.6) is 0 Å². The van der Waals surface area contributed by atoms with Crippen molar-refractivity contribution < 1.29 is 0 Å². The summed E-state index contributed by atoms with van der Waals surface area (Å²) in [6, 6.07) is 0.810. The summed E-state index contributed by atoms with van der Waals surface area (Å²) >= 11 is 0. The van der Waals surface area contributed by atoms with E-state index in [-0.39, 0.29) is 0 Å². The second-order valence-electron chi connectivity index (χ2n) is 2.23. The maximum absolute atomic E-state index is 2.75. The van der Waals surface area contributed by atoms with Crippen molar-refractivity contribution >= 4 is 9.39 Å². The van der Waals surface area contributed by atoms with Gasteiger partial charge < -0.3 is 0 Å². The van der Waals surface area contributed by atoms with Crippen LogP contribution < -0.4 is 0 Å². The highest BCUT2D eigenvalue weighted by Crippen LogP contribution is 2.19. The van der Waals surface area contributed by atoms with E-state index in [1.165, 1.54) is 19.4 Å². The molecule has 1 heterocycles. The van der Waals surface area contributed by atoms with Crippen LogP contribution in [0.3, 0.4) is 0 Å². The molecule has 1 aliphatic heterocycles. The quantitative estimate of drug-likeness (QED) is 0.432. The topological polar surface area (TPSA) is 3.24 Å². The van der Waals surface area contributed by atoms with Crippen molar-refractivity contribution in [1.82, 2.24) is 4.67 Å². The molecule has 0 saturated carbocycles. The lowest BCUT2D eigenvalue weighted by Gasteiger charge is -2.11. The molecule has 2 unspecified atom stereocenters. The molecule has 0 aromatic heterocycles. The van der Waals surface area contributed by atoms with E-state index in [4.69, 9.17) is 0 Å². The van der Waals surface area contributed by atoms with E-state index < -0.39 is 0 Å². The van der Waals surface area contributed by atoms with Gasteiger partial charge in [0.05, 0.1) is 0 Å². The van der Waals surface area contributed by atoms with Gasteiger partial charge in [0.15, 0.2) is 0 Å². The molecule has 0 amide bonds. The lowest BCUT2D eigenvalue weighted by molar-refractivity contribution is 0.466. The molecule has 1 fully saturated rings. The predicted molar refractivity (Wildman–Crippen MR) is 35.1 cm³/mol. The number of hydrogen-bond acceptors (Lipinski definition) is 1. The Labute approximate surface area is 47.3 Å². The zero-order valence-corrected chi connectivity index (χ0v) is 5.88. The summed E-state index contributed by atoms with van der Waals surface area (Å²) in [6.45, 7) is 3.53. The van der Waals surface area contributed by atoms with E-state index in [1.807, 2.05) is 0 Å². The third-order valence-electron chi connectivity index (χ3n) is 1.60. The summed E-state index contributed by atoms with van der Waals surface area (Å²) in [5.74, 6) is 0. The zero-order chi connectivity index (χ0) is 5.28. The normalized spacial score (nSPS) is 34.3. The third kappa shape index (κ3) is 1.14. The van der Waals surface area contributed by atoms with Crippen molar-refractivity contribution in [2.45, 2.75) is 25.8 Å². The van der Waals surface area contributed by atoms with Gasteiger partial charge in [-0.15, -0.1) is 0 Å². The second kappa shape index (κ2) is 2.11. The third-order valence-corrected chi connectivity index (χ3v) is 2.37. The van der Waals surface area contributed by atoms with Gasteiger partial charge in [-0.25, -0.2) is 0 Å². The van der Waals surface area contributed by atoms with Crippen LogP contribution in [0.25, 0.3) is 0 Å². The fourth-order valence-corrected chi connectivity index (χ4v) is 1.29. The van der Waals surface area contributed by atoms with Gasteiger partial charge in [0.1, 0.15) is 0 Å². The van der Waals surface area contributed by atoms with Gasteiger partial charge in [0.25, 0.3) is 0 Å². The molecule has 0 N–H and O–H groups in total. The first-order valence-corrected chi connectivity index (χ1v) is 3.33. The van der Waals surface area contributed by atoms with Crippen molar-refractivity contribution in [3.8, 4) is 0 Å². The van der Waals surface area contributed by atoms with Crippen LogP contribution in [0.2, 0.25) is 0 Å². The van der Waals surface area contributed by atoms with E-state index >= 15 is 0 Å². The Hall–Kier alpha value is 0.390. The fourth-order valence-electron chi connectivity index (χ4n) is 0.955. The van der Waals surface area contributed by atoms with Gasteiger partial charge in [-0.3, -0.25) is 4.67 Å². The van der Waals surface area contributed by atoms with E-state index in [0.29, 0.717) is 0 Å². The average molecular weight is 117 g/mol. The van der Waals surface area contributed by atoms with Crippen LogP contribution >= 0.6 is 9.39 Å². The summed E-state index contributed by atoms with van der Waals surface area (Å²) in [6.07, 6.45) is 2.76. The van der Waals surface area contributed by atoms with E-state index in [1.54, 1.807) is 0 Å². The first-order valence-electron chi connectivity index (χ1n) is 2.82. The largest absolute Gasteiger partial charge is 0.285 e. The molecule has 1 rings (SSSR count). The molecule has 1 aliphatic rings. The minimum Gasteiger partial charge on any atom is -0.285 e. The molecule has 0 bridgehead atoms. The Kier molecular flexibility index (Phi) is 1.66. The molecular formula is C5H12NP. The van der Waals surface area contributed by atoms with Gasteiger partial charge in [-0.1, -0.05) is 9.39 Å². The molecule has 1 nitrogen and oxygen atoms in total. The molecule has 42 valence electrons. The standard InChI is InChI=1S/C5H12NP/c1-5-3-2-4-6(5)7/h5H,2-4,7H2,1H3. The fraction of sp³-hybridized carbons (Fsp3) is 1.00. The Bertz CT molecular complexity index is 57.1. The molecule has 0 aromatic rings. The highest BCUT2D eigenvalue weighted by molar-refractivity contribution is 7.13. The first-order chi connectivity index (χ1) is 3.30. The summed E-state index contributed by atoms with van der Waals surface area (Å²) < 4.78 is 2.32. The summed E-state index contributed by atoms with van der Waals surface area (Å²) in [5, 5.41) is 0. The van der Waals surface area contributed by atoms with E-state index in [0.717, 1.165) is 6.04 Å². The maximum atomic E-state index is 2.75. The molecule has 2 atom stereocenters. The average Bonchev–Trinajstić information content (AvgIpc) is 1.91. The summed E-state index contributed by atoms with van der Waals surface area (Å²) in [7, 11) is 2.75.